The summed E-state index contributed by atoms with van der Waals surface area (Å²) in [6.45, 7) is 5.16. The molecule has 4 heteroatoms. The Hall–Kier alpha value is -1.65. The number of rotatable bonds is 5. The third-order valence-electron chi connectivity index (χ3n) is 3.25. The SMILES string of the molecule is CCCNC(c1cc2ccccc2o1)c1cnc(C)s1. The van der Waals surface area contributed by atoms with Gasteiger partial charge in [0.25, 0.3) is 0 Å². The number of thiazole rings is 1. The van der Waals surface area contributed by atoms with Crippen molar-refractivity contribution in [3.63, 3.8) is 0 Å². The molecule has 1 unspecified atom stereocenters. The molecule has 0 spiro atoms. The Bertz CT molecular complexity index is 668. The predicted molar refractivity (Wildman–Crippen MR) is 83.2 cm³/mol. The van der Waals surface area contributed by atoms with Crippen LogP contribution in [0.15, 0.2) is 40.9 Å². The Kier molecular flexibility index (Phi) is 3.85. The van der Waals surface area contributed by atoms with Gasteiger partial charge >= 0.3 is 0 Å². The van der Waals surface area contributed by atoms with Crippen LogP contribution < -0.4 is 5.32 Å². The molecule has 0 saturated carbocycles. The van der Waals surface area contributed by atoms with Crippen LogP contribution in [0.1, 0.15) is 35.0 Å². The molecule has 1 aromatic carbocycles. The highest BCUT2D eigenvalue weighted by Crippen LogP contribution is 2.31. The van der Waals surface area contributed by atoms with Crippen LogP contribution in [-0.4, -0.2) is 11.5 Å². The zero-order chi connectivity index (χ0) is 13.9. The highest BCUT2D eigenvalue weighted by molar-refractivity contribution is 7.11. The Morgan fingerprint density at radius 1 is 1.35 bits per heavy atom. The summed E-state index contributed by atoms with van der Waals surface area (Å²) in [7, 11) is 0. The van der Waals surface area contributed by atoms with Crippen LogP contribution in [-0.2, 0) is 0 Å². The first-order chi connectivity index (χ1) is 9.78. The van der Waals surface area contributed by atoms with Crippen LogP contribution in [0.25, 0.3) is 11.0 Å². The van der Waals surface area contributed by atoms with E-state index >= 15 is 0 Å². The van der Waals surface area contributed by atoms with Gasteiger partial charge in [-0.15, -0.1) is 11.3 Å². The standard InChI is InChI=1S/C16H18N2OS/c1-3-8-17-16(15-10-18-11(2)20-15)14-9-12-6-4-5-7-13(12)19-14/h4-7,9-10,16-17H,3,8H2,1-2H3. The number of para-hydroxylation sites is 1. The van der Waals surface area contributed by atoms with E-state index in [4.69, 9.17) is 4.42 Å². The van der Waals surface area contributed by atoms with Crippen molar-refractivity contribution < 1.29 is 4.42 Å². The molecule has 0 bridgehead atoms. The maximum absolute atomic E-state index is 6.01. The lowest BCUT2D eigenvalue weighted by Crippen LogP contribution is -2.21. The summed E-state index contributed by atoms with van der Waals surface area (Å²) in [5.74, 6) is 0.961. The average Bonchev–Trinajstić information content (AvgIpc) is 3.05. The molecule has 2 heterocycles. The molecule has 104 valence electrons. The first kappa shape index (κ1) is 13.3. The number of furan rings is 1. The van der Waals surface area contributed by atoms with Crippen molar-refractivity contribution in [2.75, 3.05) is 6.54 Å². The van der Waals surface area contributed by atoms with Gasteiger partial charge in [0.2, 0.25) is 0 Å². The summed E-state index contributed by atoms with van der Waals surface area (Å²) in [6.07, 6.45) is 3.04. The topological polar surface area (TPSA) is 38.1 Å². The van der Waals surface area contributed by atoms with Gasteiger partial charge in [-0.05, 0) is 32.0 Å². The van der Waals surface area contributed by atoms with Gasteiger partial charge in [-0.2, -0.15) is 0 Å². The number of nitrogens with one attached hydrogen (secondary N) is 1. The van der Waals surface area contributed by atoms with Crippen LogP contribution in [0.5, 0.6) is 0 Å². The van der Waals surface area contributed by atoms with E-state index in [1.165, 1.54) is 4.88 Å². The smallest absolute Gasteiger partial charge is 0.134 e. The first-order valence-electron chi connectivity index (χ1n) is 6.92. The molecule has 0 aliphatic carbocycles. The predicted octanol–water partition coefficient (Wildman–Crippen LogP) is 4.29. The molecule has 2 aromatic heterocycles. The fourth-order valence-corrected chi connectivity index (χ4v) is 3.16. The summed E-state index contributed by atoms with van der Waals surface area (Å²) >= 11 is 1.72. The van der Waals surface area contributed by atoms with E-state index < -0.39 is 0 Å². The number of hydrogen-bond acceptors (Lipinski definition) is 4. The van der Waals surface area contributed by atoms with E-state index in [0.29, 0.717) is 0 Å². The lowest BCUT2D eigenvalue weighted by atomic mass is 10.1. The normalized spacial score (nSPS) is 12.9. The van der Waals surface area contributed by atoms with Crippen LogP contribution in [0.4, 0.5) is 0 Å². The highest BCUT2D eigenvalue weighted by atomic mass is 32.1. The molecule has 3 aromatic rings. The lowest BCUT2D eigenvalue weighted by Gasteiger charge is -2.13. The molecular weight excluding hydrogens is 268 g/mol. The molecule has 20 heavy (non-hydrogen) atoms. The van der Waals surface area contributed by atoms with Crippen LogP contribution in [0.2, 0.25) is 0 Å². The first-order valence-corrected chi connectivity index (χ1v) is 7.73. The van der Waals surface area contributed by atoms with Crippen molar-refractivity contribution in [3.8, 4) is 0 Å². The van der Waals surface area contributed by atoms with Crippen molar-refractivity contribution in [2.24, 2.45) is 0 Å². The molecule has 0 amide bonds. The molecule has 0 fully saturated rings. The monoisotopic (exact) mass is 286 g/mol. The zero-order valence-electron chi connectivity index (χ0n) is 11.7. The minimum atomic E-state index is 0.0912. The van der Waals surface area contributed by atoms with Gasteiger partial charge in [0.15, 0.2) is 0 Å². The number of aromatic nitrogens is 1. The van der Waals surface area contributed by atoms with Crippen molar-refractivity contribution >= 4 is 22.3 Å². The van der Waals surface area contributed by atoms with Crippen molar-refractivity contribution in [1.29, 1.82) is 0 Å². The van der Waals surface area contributed by atoms with Gasteiger partial charge in [-0.25, -0.2) is 4.98 Å². The maximum atomic E-state index is 6.01. The highest BCUT2D eigenvalue weighted by Gasteiger charge is 2.19. The third-order valence-corrected chi connectivity index (χ3v) is 4.23. The molecule has 0 aliphatic heterocycles. The number of aryl methyl sites for hydroxylation is 1. The molecular formula is C16H18N2OS. The maximum Gasteiger partial charge on any atom is 0.134 e. The summed E-state index contributed by atoms with van der Waals surface area (Å²) in [6, 6.07) is 10.3. The minimum absolute atomic E-state index is 0.0912. The molecule has 0 saturated heterocycles. The second kappa shape index (κ2) is 5.77. The minimum Gasteiger partial charge on any atom is -0.459 e. The van der Waals surface area contributed by atoms with E-state index in [1.807, 2.05) is 31.3 Å². The largest absolute Gasteiger partial charge is 0.459 e. The molecule has 3 nitrogen and oxygen atoms in total. The van der Waals surface area contributed by atoms with Crippen molar-refractivity contribution in [2.45, 2.75) is 26.3 Å². The molecule has 3 rings (SSSR count). The molecule has 0 radical (unpaired) electrons. The Morgan fingerprint density at radius 2 is 2.20 bits per heavy atom. The number of hydrogen-bond donors (Lipinski definition) is 1. The number of fused-ring (bicyclic) bond motifs is 1. The van der Waals surface area contributed by atoms with Gasteiger partial charge in [0.1, 0.15) is 17.4 Å². The summed E-state index contributed by atoms with van der Waals surface area (Å²) in [5, 5.41) is 5.78. The molecule has 1 N–H and O–H groups in total. The Morgan fingerprint density at radius 3 is 2.90 bits per heavy atom. The van der Waals surface area contributed by atoms with E-state index in [1.54, 1.807) is 11.3 Å². The fraction of sp³-hybridized carbons (Fsp3) is 0.312. The number of nitrogens with zero attached hydrogens (tertiary/aromatic N) is 1. The third kappa shape index (κ3) is 2.62. The van der Waals surface area contributed by atoms with Crippen molar-refractivity contribution in [3.05, 3.63) is 52.2 Å². The van der Waals surface area contributed by atoms with Crippen LogP contribution in [0, 0.1) is 6.92 Å². The fourth-order valence-electron chi connectivity index (χ4n) is 2.29. The average molecular weight is 286 g/mol. The summed E-state index contributed by atoms with van der Waals surface area (Å²) < 4.78 is 6.01. The van der Waals surface area contributed by atoms with E-state index in [0.717, 1.165) is 34.7 Å². The second-order valence-corrected chi connectivity index (χ2v) is 6.12. The second-order valence-electron chi connectivity index (χ2n) is 4.86. The van der Waals surface area contributed by atoms with E-state index in [9.17, 15) is 0 Å². The van der Waals surface area contributed by atoms with Crippen LogP contribution >= 0.6 is 11.3 Å². The quantitative estimate of drug-likeness (QED) is 0.760. The summed E-state index contributed by atoms with van der Waals surface area (Å²) in [4.78, 5) is 5.57. The van der Waals surface area contributed by atoms with Gasteiger partial charge in [-0.3, -0.25) is 0 Å². The Balaban J connectivity index is 1.99. The van der Waals surface area contributed by atoms with Gasteiger partial charge < -0.3 is 9.73 Å². The van der Waals surface area contributed by atoms with E-state index in [2.05, 4.69) is 29.4 Å². The van der Waals surface area contributed by atoms with E-state index in [-0.39, 0.29) is 6.04 Å². The van der Waals surface area contributed by atoms with Crippen molar-refractivity contribution in [1.82, 2.24) is 10.3 Å². The van der Waals surface area contributed by atoms with Crippen LogP contribution in [0.3, 0.4) is 0 Å². The Labute approximate surface area is 122 Å². The molecule has 0 aliphatic rings. The zero-order valence-corrected chi connectivity index (χ0v) is 12.5. The van der Waals surface area contributed by atoms with Gasteiger partial charge in [-0.1, -0.05) is 25.1 Å². The lowest BCUT2D eigenvalue weighted by molar-refractivity contribution is 0.473. The van der Waals surface area contributed by atoms with Gasteiger partial charge in [0, 0.05) is 16.5 Å². The van der Waals surface area contributed by atoms with Gasteiger partial charge in [0.05, 0.1) is 5.01 Å². The number of benzene rings is 1. The summed E-state index contributed by atoms with van der Waals surface area (Å²) in [5.41, 5.74) is 0.937. The molecule has 1 atom stereocenters.